The Morgan fingerprint density at radius 3 is 1.65 bits per heavy atom. The molecule has 0 atom stereocenters. The second-order valence-corrected chi connectivity index (χ2v) is 9.47. The fourth-order valence-corrected chi connectivity index (χ4v) is 3.62. The van der Waals surface area contributed by atoms with Crippen LogP contribution in [0.2, 0.25) is 0 Å². The van der Waals surface area contributed by atoms with Gasteiger partial charge in [-0.2, -0.15) is 57.1 Å². The molecule has 2 aromatic rings. The Labute approximate surface area is 237 Å². The van der Waals surface area contributed by atoms with Gasteiger partial charge >= 0.3 is 36.0 Å². The molecule has 0 saturated carbocycles. The van der Waals surface area contributed by atoms with E-state index in [0.717, 1.165) is 37.7 Å². The number of unbranched alkanes of at least 4 members (excludes halogenated alkanes) is 5. The van der Waals surface area contributed by atoms with E-state index in [4.69, 9.17) is 4.74 Å². The number of aryl methyl sites for hydroxylation is 1. The summed E-state index contributed by atoms with van der Waals surface area (Å²) in [5, 5.41) is 0. The third kappa shape index (κ3) is 8.01. The predicted octanol–water partition coefficient (Wildman–Crippen LogP) is 9.14. The molecular weight excluding hydrogens is 619 g/mol. The smallest absolute Gasteiger partial charge is 0.460 e. The van der Waals surface area contributed by atoms with E-state index in [1.54, 1.807) is 12.4 Å². The second-order valence-electron chi connectivity index (χ2n) is 9.47. The van der Waals surface area contributed by atoms with Gasteiger partial charge in [-0.1, -0.05) is 39.0 Å². The van der Waals surface area contributed by atoms with E-state index >= 15 is 0 Å². The standard InChI is InChI=1S/C26H27F13N2O2/c1-2-3-4-5-6-7-8-17-15-40-20(41-16-17)18-9-11-19(12-10-18)42-13-14-43-26(38,39)24(33,34)22(29,30)21(27,28)23(31,32)25(35,36)37/h9-12,15-16H,2-8,13-14H2,1H3. The first-order valence-electron chi connectivity index (χ1n) is 12.9. The summed E-state index contributed by atoms with van der Waals surface area (Å²) in [7, 11) is 0. The molecule has 0 aliphatic rings. The maximum atomic E-state index is 13.7. The summed E-state index contributed by atoms with van der Waals surface area (Å²) in [6, 6.07) is 5.35. The maximum absolute atomic E-state index is 13.7. The van der Waals surface area contributed by atoms with Crippen molar-refractivity contribution >= 4 is 0 Å². The van der Waals surface area contributed by atoms with E-state index in [0.29, 0.717) is 11.4 Å². The quantitative estimate of drug-likeness (QED) is 0.127. The van der Waals surface area contributed by atoms with Crippen LogP contribution in [0, 0.1) is 0 Å². The molecule has 0 radical (unpaired) electrons. The van der Waals surface area contributed by atoms with Gasteiger partial charge in [0, 0.05) is 18.0 Å². The molecule has 244 valence electrons. The fourth-order valence-electron chi connectivity index (χ4n) is 3.62. The summed E-state index contributed by atoms with van der Waals surface area (Å²) in [6.07, 6.45) is -3.27. The Hall–Kier alpha value is -2.85. The Kier molecular flexibility index (Phi) is 11.7. The van der Waals surface area contributed by atoms with Gasteiger partial charge in [-0.05, 0) is 42.7 Å². The highest BCUT2D eigenvalue weighted by molar-refractivity contribution is 5.55. The molecule has 43 heavy (non-hydrogen) atoms. The number of rotatable bonds is 17. The highest BCUT2D eigenvalue weighted by Crippen LogP contribution is 2.60. The minimum atomic E-state index is -7.98. The van der Waals surface area contributed by atoms with Gasteiger partial charge < -0.3 is 9.47 Å². The van der Waals surface area contributed by atoms with Crippen LogP contribution in [-0.2, 0) is 11.2 Å². The van der Waals surface area contributed by atoms with Crippen LogP contribution in [0.4, 0.5) is 57.1 Å². The van der Waals surface area contributed by atoms with Crippen molar-refractivity contribution in [1.29, 1.82) is 0 Å². The van der Waals surface area contributed by atoms with Crippen LogP contribution < -0.4 is 4.74 Å². The van der Waals surface area contributed by atoms with Crippen LogP contribution in [-0.4, -0.2) is 59.2 Å². The monoisotopic (exact) mass is 646 g/mol. The maximum Gasteiger partial charge on any atom is 0.460 e. The van der Waals surface area contributed by atoms with Crippen LogP contribution in [0.5, 0.6) is 5.75 Å². The van der Waals surface area contributed by atoms with Crippen molar-refractivity contribution in [3.8, 4) is 17.1 Å². The van der Waals surface area contributed by atoms with Crippen LogP contribution in [0.1, 0.15) is 51.0 Å². The zero-order valence-electron chi connectivity index (χ0n) is 22.5. The second kappa shape index (κ2) is 13.8. The SMILES string of the molecule is CCCCCCCCc1cnc(-c2ccc(OCCOC(F)(F)C(F)(F)C(F)(F)C(F)(F)C(F)(F)C(F)(F)F)cc2)nc1. The first kappa shape index (κ1) is 36.3. The van der Waals surface area contributed by atoms with Crippen molar-refractivity contribution in [1.82, 2.24) is 9.97 Å². The lowest BCUT2D eigenvalue weighted by atomic mass is 9.97. The minimum absolute atomic E-state index is 0.0937. The van der Waals surface area contributed by atoms with Gasteiger partial charge in [0.05, 0.1) is 6.61 Å². The van der Waals surface area contributed by atoms with Crippen molar-refractivity contribution in [2.45, 2.75) is 87.8 Å². The van der Waals surface area contributed by atoms with Gasteiger partial charge in [0.2, 0.25) is 0 Å². The largest absolute Gasteiger partial charge is 0.491 e. The molecule has 17 heteroatoms. The molecule has 0 fully saturated rings. The Bertz CT molecular complexity index is 1140. The number of alkyl halides is 13. The third-order valence-electron chi connectivity index (χ3n) is 6.18. The number of benzene rings is 1. The van der Waals surface area contributed by atoms with Gasteiger partial charge in [0.25, 0.3) is 0 Å². The molecule has 4 nitrogen and oxygen atoms in total. The summed E-state index contributed by atoms with van der Waals surface area (Å²) in [5.41, 5.74) is 1.41. The molecule has 1 heterocycles. The fraction of sp³-hybridized carbons (Fsp3) is 0.615. The zero-order valence-corrected chi connectivity index (χ0v) is 22.5. The molecule has 1 aromatic heterocycles. The molecule has 0 aliphatic carbocycles. The normalized spacial score (nSPS) is 13.8. The number of aromatic nitrogens is 2. The van der Waals surface area contributed by atoms with Gasteiger partial charge in [-0.25, -0.2) is 9.97 Å². The van der Waals surface area contributed by atoms with Gasteiger partial charge in [-0.3, -0.25) is 0 Å². The average Bonchev–Trinajstić information content (AvgIpc) is 2.92. The van der Waals surface area contributed by atoms with Crippen LogP contribution >= 0.6 is 0 Å². The van der Waals surface area contributed by atoms with E-state index in [9.17, 15) is 57.1 Å². The summed E-state index contributed by atoms with van der Waals surface area (Å²) in [4.78, 5) is 8.50. The number of hydrogen-bond acceptors (Lipinski definition) is 4. The summed E-state index contributed by atoms with van der Waals surface area (Å²) < 4.78 is 178. The van der Waals surface area contributed by atoms with E-state index < -0.39 is 49.2 Å². The first-order valence-corrected chi connectivity index (χ1v) is 12.9. The van der Waals surface area contributed by atoms with E-state index in [1.807, 2.05) is 0 Å². The van der Waals surface area contributed by atoms with Crippen molar-refractivity contribution in [2.24, 2.45) is 0 Å². The van der Waals surface area contributed by atoms with E-state index in [1.165, 1.54) is 37.1 Å². The molecule has 2 rings (SSSR count). The van der Waals surface area contributed by atoms with Crippen LogP contribution in [0.15, 0.2) is 36.7 Å². The molecule has 0 saturated heterocycles. The Morgan fingerprint density at radius 1 is 0.605 bits per heavy atom. The molecule has 0 aliphatic heterocycles. The van der Waals surface area contributed by atoms with E-state index in [2.05, 4.69) is 21.6 Å². The summed E-state index contributed by atoms with van der Waals surface area (Å²) in [5.74, 6) is -31.0. The van der Waals surface area contributed by atoms with Crippen molar-refractivity contribution in [2.75, 3.05) is 13.2 Å². The zero-order chi connectivity index (χ0) is 32.7. The van der Waals surface area contributed by atoms with Crippen molar-refractivity contribution < 1.29 is 66.5 Å². The highest BCUT2D eigenvalue weighted by Gasteiger charge is 2.91. The number of halogens is 13. The predicted molar refractivity (Wildman–Crippen MR) is 127 cm³/mol. The van der Waals surface area contributed by atoms with Crippen molar-refractivity contribution in [3.63, 3.8) is 0 Å². The van der Waals surface area contributed by atoms with Crippen LogP contribution in [0.25, 0.3) is 11.4 Å². The topological polar surface area (TPSA) is 44.2 Å². The molecule has 1 aromatic carbocycles. The van der Waals surface area contributed by atoms with Gasteiger partial charge in [0.1, 0.15) is 12.4 Å². The lowest BCUT2D eigenvalue weighted by Crippen LogP contribution is -2.70. The molecule has 0 unspecified atom stereocenters. The summed E-state index contributed by atoms with van der Waals surface area (Å²) >= 11 is 0. The number of ether oxygens (including phenoxy) is 2. The van der Waals surface area contributed by atoms with Gasteiger partial charge in [0.15, 0.2) is 5.82 Å². The van der Waals surface area contributed by atoms with Gasteiger partial charge in [-0.15, -0.1) is 0 Å². The lowest BCUT2D eigenvalue weighted by Gasteiger charge is -2.39. The minimum Gasteiger partial charge on any atom is -0.491 e. The lowest BCUT2D eigenvalue weighted by molar-refractivity contribution is -0.466. The van der Waals surface area contributed by atoms with Crippen molar-refractivity contribution in [3.05, 3.63) is 42.2 Å². The third-order valence-corrected chi connectivity index (χ3v) is 6.18. The number of hydrogen-bond donors (Lipinski definition) is 0. The molecule has 0 bridgehead atoms. The van der Waals surface area contributed by atoms with E-state index in [-0.39, 0.29) is 5.75 Å². The average molecular weight is 646 g/mol. The Balaban J connectivity index is 1.93. The first-order chi connectivity index (χ1) is 19.7. The number of nitrogens with zero attached hydrogens (tertiary/aromatic N) is 2. The molecular formula is C26H27F13N2O2. The molecule has 0 spiro atoms. The highest BCUT2D eigenvalue weighted by atomic mass is 19.4. The molecule has 0 N–H and O–H groups in total. The Morgan fingerprint density at radius 2 is 1.12 bits per heavy atom. The summed E-state index contributed by atoms with van der Waals surface area (Å²) in [6.45, 7) is -0.635. The van der Waals surface area contributed by atoms with Crippen LogP contribution in [0.3, 0.4) is 0 Å². The molecule has 0 amide bonds.